The van der Waals surface area contributed by atoms with E-state index in [1.807, 2.05) is 24.3 Å². The molecule has 1 aliphatic rings. The van der Waals surface area contributed by atoms with E-state index in [1.165, 1.54) is 42.0 Å². The monoisotopic (exact) mass is 748 g/mol. The smallest absolute Gasteiger partial charge is 0.160 e. The highest BCUT2D eigenvalue weighted by molar-refractivity contribution is 7.26. The van der Waals surface area contributed by atoms with Crippen molar-refractivity contribution in [2.24, 2.45) is 9.98 Å². The summed E-state index contributed by atoms with van der Waals surface area (Å²) in [6, 6.07) is 64.3. The number of nitrogens with one attached hydrogen (secondary N) is 1. The lowest BCUT2D eigenvalue weighted by molar-refractivity contribution is 0.669. The van der Waals surface area contributed by atoms with Crippen LogP contribution in [-0.2, 0) is 0 Å². The molecule has 3 aromatic heterocycles. The number of rotatable bonds is 5. The Kier molecular flexibility index (Phi) is 7.09. The van der Waals surface area contributed by atoms with Gasteiger partial charge in [0, 0.05) is 70.2 Å². The number of benzene rings is 8. The van der Waals surface area contributed by atoms with Gasteiger partial charge in [-0.05, 0) is 47.5 Å². The molecule has 5 nitrogen and oxygen atoms in total. The molecular weight excluding hydrogens is 717 g/mol. The number of hydrogen-bond acceptors (Lipinski definition) is 5. The summed E-state index contributed by atoms with van der Waals surface area (Å²) >= 11 is 1.79. The molecule has 1 unspecified atom stereocenters. The van der Waals surface area contributed by atoms with Crippen LogP contribution in [0.25, 0.3) is 80.7 Å². The zero-order valence-corrected chi connectivity index (χ0v) is 31.4. The average molecular weight is 749 g/mol. The van der Waals surface area contributed by atoms with Crippen LogP contribution in [0, 0.1) is 0 Å². The summed E-state index contributed by atoms with van der Waals surface area (Å²) in [6.45, 7) is 0. The summed E-state index contributed by atoms with van der Waals surface area (Å²) in [5.74, 6) is 1.54. The SMILES string of the molecule is c1ccc(C2=NC(c3cccc4c3sc3cc(-c5cccc6c5oc5cc(-n7c8ccccc8c8ccccc87)ccc56)ccc34)=NC(c3ccccc3)N2)cc1. The van der Waals surface area contributed by atoms with Crippen molar-refractivity contribution in [2.45, 2.75) is 6.17 Å². The molecule has 1 atom stereocenters. The van der Waals surface area contributed by atoms with E-state index in [1.54, 1.807) is 11.3 Å². The number of amidine groups is 2. The fraction of sp³-hybridized carbons (Fsp3) is 0.0196. The molecule has 1 N–H and O–H groups in total. The molecule has 8 aromatic carbocycles. The highest BCUT2D eigenvalue weighted by atomic mass is 32.1. The standard InChI is InChI=1S/C51H32N4OS/c1-3-13-31(14-4-1)49-52-50(32-15-5-2-6-16-32)54-51(53-49)42-22-12-21-41-39-27-25-33(29-46(39)57-48(41)42)35-19-11-20-40-38-28-26-34(30-45(38)56-47(35)40)55-43-23-9-7-17-36(43)37-18-8-10-24-44(37)55/h1-30,49H,(H,52,53,54). The van der Waals surface area contributed by atoms with Gasteiger partial charge in [-0.2, -0.15) is 0 Å². The molecule has 0 fully saturated rings. The fourth-order valence-corrected chi connectivity index (χ4v) is 9.87. The van der Waals surface area contributed by atoms with Crippen LogP contribution >= 0.6 is 11.3 Å². The molecule has 0 saturated carbocycles. The number of fused-ring (bicyclic) bond motifs is 9. The van der Waals surface area contributed by atoms with Gasteiger partial charge in [-0.25, -0.2) is 9.98 Å². The molecule has 4 heterocycles. The van der Waals surface area contributed by atoms with Crippen LogP contribution in [0.1, 0.15) is 22.9 Å². The Morgan fingerprint density at radius 2 is 1.19 bits per heavy atom. The summed E-state index contributed by atoms with van der Waals surface area (Å²) in [5.41, 5.74) is 10.6. The number of furan rings is 1. The van der Waals surface area contributed by atoms with E-state index in [0.717, 1.165) is 67.1 Å². The lowest BCUT2D eigenvalue weighted by Gasteiger charge is -2.23. The van der Waals surface area contributed by atoms with Gasteiger partial charge in [-0.3, -0.25) is 0 Å². The molecule has 0 saturated heterocycles. The third-order valence-electron chi connectivity index (χ3n) is 11.3. The van der Waals surface area contributed by atoms with E-state index in [9.17, 15) is 0 Å². The molecule has 0 radical (unpaired) electrons. The summed E-state index contributed by atoms with van der Waals surface area (Å²) in [5, 5.41) is 10.7. The minimum absolute atomic E-state index is 0.257. The van der Waals surface area contributed by atoms with Crippen molar-refractivity contribution in [2.75, 3.05) is 0 Å². The number of aromatic nitrogens is 1. The first kappa shape index (κ1) is 32.0. The maximum atomic E-state index is 6.82. The minimum atomic E-state index is -0.257. The van der Waals surface area contributed by atoms with E-state index in [-0.39, 0.29) is 6.17 Å². The maximum absolute atomic E-state index is 6.82. The zero-order valence-electron chi connectivity index (χ0n) is 30.6. The summed E-state index contributed by atoms with van der Waals surface area (Å²) in [4.78, 5) is 10.3. The molecule has 0 spiro atoms. The van der Waals surface area contributed by atoms with E-state index < -0.39 is 0 Å². The lowest BCUT2D eigenvalue weighted by Crippen LogP contribution is -2.33. The van der Waals surface area contributed by atoms with Crippen LogP contribution in [0.4, 0.5) is 0 Å². The fourth-order valence-electron chi connectivity index (χ4n) is 8.61. The van der Waals surface area contributed by atoms with Crippen molar-refractivity contribution in [3.05, 3.63) is 199 Å². The van der Waals surface area contributed by atoms with Crippen LogP contribution in [0.15, 0.2) is 196 Å². The summed E-state index contributed by atoms with van der Waals surface area (Å²) < 4.78 is 11.5. The van der Waals surface area contributed by atoms with Gasteiger partial charge in [-0.1, -0.05) is 140 Å². The Balaban J connectivity index is 0.976. The second-order valence-corrected chi connectivity index (χ2v) is 15.6. The van der Waals surface area contributed by atoms with Crippen molar-refractivity contribution in [3.63, 3.8) is 0 Å². The molecule has 11 aromatic rings. The quantitative estimate of drug-likeness (QED) is 0.191. The van der Waals surface area contributed by atoms with Gasteiger partial charge in [0.15, 0.2) is 5.84 Å². The average Bonchev–Trinajstić information content (AvgIpc) is 3.96. The number of nitrogens with zero attached hydrogens (tertiary/aromatic N) is 3. The summed E-state index contributed by atoms with van der Waals surface area (Å²) in [7, 11) is 0. The lowest BCUT2D eigenvalue weighted by atomic mass is 10.0. The minimum Gasteiger partial charge on any atom is -0.455 e. The molecule has 1 aliphatic heterocycles. The van der Waals surface area contributed by atoms with E-state index in [0.29, 0.717) is 0 Å². The van der Waals surface area contributed by atoms with Crippen molar-refractivity contribution in [1.29, 1.82) is 0 Å². The molecule has 0 bridgehead atoms. The van der Waals surface area contributed by atoms with Crippen molar-refractivity contribution < 1.29 is 4.42 Å². The second-order valence-electron chi connectivity index (χ2n) is 14.6. The first-order valence-electron chi connectivity index (χ1n) is 19.2. The Hall–Kier alpha value is -7.28. The number of para-hydroxylation sites is 3. The normalized spacial score (nSPS) is 14.5. The van der Waals surface area contributed by atoms with E-state index in [2.05, 4.69) is 168 Å². The van der Waals surface area contributed by atoms with Crippen LogP contribution in [0.5, 0.6) is 0 Å². The van der Waals surface area contributed by atoms with Gasteiger partial charge in [0.1, 0.15) is 23.2 Å². The van der Waals surface area contributed by atoms with Crippen LogP contribution < -0.4 is 5.32 Å². The largest absolute Gasteiger partial charge is 0.455 e. The van der Waals surface area contributed by atoms with Crippen LogP contribution in [-0.4, -0.2) is 16.2 Å². The van der Waals surface area contributed by atoms with Gasteiger partial charge < -0.3 is 14.3 Å². The van der Waals surface area contributed by atoms with Gasteiger partial charge in [0.2, 0.25) is 0 Å². The number of thiophene rings is 1. The van der Waals surface area contributed by atoms with Crippen molar-refractivity contribution in [3.8, 4) is 16.8 Å². The van der Waals surface area contributed by atoms with E-state index >= 15 is 0 Å². The number of hydrogen-bond donors (Lipinski definition) is 1. The Labute approximate surface area is 331 Å². The zero-order chi connectivity index (χ0) is 37.5. The third-order valence-corrected chi connectivity index (χ3v) is 12.5. The molecule has 0 amide bonds. The molecule has 6 heteroatoms. The van der Waals surface area contributed by atoms with Gasteiger partial charge >= 0.3 is 0 Å². The number of aliphatic imine (C=N–C) groups is 2. The topological polar surface area (TPSA) is 54.8 Å². The molecule has 12 rings (SSSR count). The van der Waals surface area contributed by atoms with Gasteiger partial charge in [0.05, 0.1) is 11.0 Å². The van der Waals surface area contributed by atoms with Crippen LogP contribution in [0.2, 0.25) is 0 Å². The molecule has 57 heavy (non-hydrogen) atoms. The first-order chi connectivity index (χ1) is 28.2. The highest BCUT2D eigenvalue weighted by Gasteiger charge is 2.23. The van der Waals surface area contributed by atoms with Crippen LogP contribution in [0.3, 0.4) is 0 Å². The Morgan fingerprint density at radius 3 is 1.98 bits per heavy atom. The maximum Gasteiger partial charge on any atom is 0.160 e. The third kappa shape index (κ3) is 5.08. The predicted octanol–water partition coefficient (Wildman–Crippen LogP) is 13.2. The van der Waals surface area contributed by atoms with E-state index in [4.69, 9.17) is 14.4 Å². The molecular formula is C51H32N4OS. The van der Waals surface area contributed by atoms with Crippen molar-refractivity contribution >= 4 is 86.9 Å². The molecule has 268 valence electrons. The first-order valence-corrected chi connectivity index (χ1v) is 20.0. The van der Waals surface area contributed by atoms with Gasteiger partial charge in [-0.15, -0.1) is 11.3 Å². The predicted molar refractivity (Wildman–Crippen MR) is 238 cm³/mol. The summed E-state index contributed by atoms with van der Waals surface area (Å²) in [6.07, 6.45) is -0.257. The van der Waals surface area contributed by atoms with Crippen molar-refractivity contribution in [1.82, 2.24) is 9.88 Å². The second kappa shape index (κ2) is 12.6. The molecule has 0 aliphatic carbocycles. The highest BCUT2D eigenvalue weighted by Crippen LogP contribution is 2.42. The Morgan fingerprint density at radius 1 is 0.526 bits per heavy atom. The Bertz CT molecular complexity index is 3390. The van der Waals surface area contributed by atoms with Gasteiger partial charge in [0.25, 0.3) is 0 Å².